The predicted molar refractivity (Wildman–Crippen MR) is 83.5 cm³/mol. The zero-order valence-electron chi connectivity index (χ0n) is 12.1. The smallest absolute Gasteiger partial charge is 0.335 e. The van der Waals surface area contributed by atoms with E-state index < -0.39 is 17.8 Å². The number of esters is 2. The monoisotopic (exact) mass is 312 g/mol. The Morgan fingerprint density at radius 1 is 0.913 bits per heavy atom. The summed E-state index contributed by atoms with van der Waals surface area (Å²) in [6.07, 6.45) is 2.03. The van der Waals surface area contributed by atoms with Gasteiger partial charge in [0.05, 0.1) is 0 Å². The Morgan fingerprint density at radius 2 is 1.52 bits per heavy atom. The summed E-state index contributed by atoms with van der Waals surface area (Å²) in [5, 5.41) is 0. The van der Waals surface area contributed by atoms with Crippen LogP contribution in [0.25, 0.3) is 11.1 Å². The van der Waals surface area contributed by atoms with E-state index in [1.165, 1.54) is 18.2 Å². The molecule has 0 atom stereocenters. The van der Waals surface area contributed by atoms with Gasteiger partial charge in [-0.15, -0.1) is 0 Å². The number of ether oxygens (including phenoxy) is 2. The van der Waals surface area contributed by atoms with E-state index in [0.29, 0.717) is 5.56 Å². The molecule has 0 saturated heterocycles. The first-order valence-corrected chi connectivity index (χ1v) is 6.62. The second kappa shape index (κ2) is 7.17. The number of halogens is 1. The van der Waals surface area contributed by atoms with Crippen LogP contribution in [0.1, 0.15) is 0 Å². The van der Waals surface area contributed by atoms with Crippen molar-refractivity contribution in [1.29, 1.82) is 0 Å². The predicted octanol–water partition coefficient (Wildman–Crippen LogP) is 3.68. The summed E-state index contributed by atoms with van der Waals surface area (Å²) < 4.78 is 24.1. The lowest BCUT2D eigenvalue weighted by Crippen LogP contribution is -2.03. The molecule has 0 heterocycles. The van der Waals surface area contributed by atoms with Crippen molar-refractivity contribution < 1.29 is 23.5 Å². The fraction of sp³-hybridized carbons (Fsp3) is 0. The summed E-state index contributed by atoms with van der Waals surface area (Å²) in [4.78, 5) is 22.3. The van der Waals surface area contributed by atoms with E-state index in [9.17, 15) is 14.0 Å². The molecule has 23 heavy (non-hydrogen) atoms. The van der Waals surface area contributed by atoms with Crippen LogP contribution in [-0.2, 0) is 9.59 Å². The minimum Gasteiger partial charge on any atom is -0.423 e. The first kappa shape index (κ1) is 16.2. The zero-order chi connectivity index (χ0) is 16.8. The van der Waals surface area contributed by atoms with Gasteiger partial charge in [-0.3, -0.25) is 0 Å². The number of carbonyl (C=O) groups is 2. The van der Waals surface area contributed by atoms with Crippen molar-refractivity contribution in [2.45, 2.75) is 0 Å². The molecule has 0 unspecified atom stereocenters. The fourth-order valence-corrected chi connectivity index (χ4v) is 1.84. The average molecular weight is 312 g/mol. The molecular formula is C18H13FO4. The highest BCUT2D eigenvalue weighted by molar-refractivity contribution is 5.84. The lowest BCUT2D eigenvalue weighted by Gasteiger charge is -2.08. The third-order valence-corrected chi connectivity index (χ3v) is 2.86. The molecular weight excluding hydrogens is 299 g/mol. The number of rotatable bonds is 5. The van der Waals surface area contributed by atoms with E-state index in [2.05, 4.69) is 13.2 Å². The zero-order valence-corrected chi connectivity index (χ0v) is 12.1. The Morgan fingerprint density at radius 3 is 2.09 bits per heavy atom. The number of benzene rings is 2. The SMILES string of the molecule is C=CC(=O)Oc1cccc(-c2ccc(OC(=O)C=C)cc2F)c1. The molecule has 0 amide bonds. The Bertz CT molecular complexity index is 780. The van der Waals surface area contributed by atoms with Crippen LogP contribution in [0.2, 0.25) is 0 Å². The molecule has 0 aliphatic heterocycles. The molecule has 116 valence electrons. The van der Waals surface area contributed by atoms with Crippen molar-refractivity contribution in [3.8, 4) is 22.6 Å². The minimum absolute atomic E-state index is 0.0744. The molecule has 0 N–H and O–H groups in total. The lowest BCUT2D eigenvalue weighted by atomic mass is 10.0. The molecule has 2 aromatic rings. The van der Waals surface area contributed by atoms with E-state index in [4.69, 9.17) is 9.47 Å². The Labute approximate surface area is 132 Å². The standard InChI is InChI=1S/C18H13FO4/c1-3-17(20)22-13-7-5-6-12(10-13)15-9-8-14(11-16(15)19)23-18(21)4-2/h3-11H,1-2H2. The van der Waals surface area contributed by atoms with Gasteiger partial charge >= 0.3 is 11.9 Å². The van der Waals surface area contributed by atoms with Crippen LogP contribution in [-0.4, -0.2) is 11.9 Å². The Balaban J connectivity index is 2.29. The van der Waals surface area contributed by atoms with Gasteiger partial charge in [0.1, 0.15) is 17.3 Å². The molecule has 0 aliphatic rings. The summed E-state index contributed by atoms with van der Waals surface area (Å²) in [5.41, 5.74) is 0.790. The summed E-state index contributed by atoms with van der Waals surface area (Å²) in [6, 6.07) is 10.4. The van der Waals surface area contributed by atoms with Crippen LogP contribution >= 0.6 is 0 Å². The molecule has 0 bridgehead atoms. The molecule has 2 rings (SSSR count). The number of hydrogen-bond acceptors (Lipinski definition) is 4. The first-order chi connectivity index (χ1) is 11.0. The van der Waals surface area contributed by atoms with Gasteiger partial charge in [0.2, 0.25) is 0 Å². The molecule has 0 aliphatic carbocycles. The highest BCUT2D eigenvalue weighted by Crippen LogP contribution is 2.29. The molecule has 0 radical (unpaired) electrons. The lowest BCUT2D eigenvalue weighted by molar-refractivity contribution is -0.129. The van der Waals surface area contributed by atoms with Crippen LogP contribution < -0.4 is 9.47 Å². The van der Waals surface area contributed by atoms with Gasteiger partial charge in [-0.25, -0.2) is 14.0 Å². The largest absolute Gasteiger partial charge is 0.423 e. The van der Waals surface area contributed by atoms with Gasteiger partial charge in [0.15, 0.2) is 0 Å². The maximum atomic E-state index is 14.2. The molecule has 4 nitrogen and oxygen atoms in total. The van der Waals surface area contributed by atoms with Crippen molar-refractivity contribution >= 4 is 11.9 Å². The third kappa shape index (κ3) is 4.14. The fourth-order valence-electron chi connectivity index (χ4n) is 1.84. The van der Waals surface area contributed by atoms with E-state index >= 15 is 0 Å². The van der Waals surface area contributed by atoms with E-state index in [0.717, 1.165) is 18.2 Å². The second-order valence-corrected chi connectivity index (χ2v) is 4.42. The van der Waals surface area contributed by atoms with E-state index in [1.807, 2.05) is 0 Å². The second-order valence-electron chi connectivity index (χ2n) is 4.42. The van der Waals surface area contributed by atoms with Gasteiger partial charge in [-0.1, -0.05) is 25.3 Å². The van der Waals surface area contributed by atoms with Crippen molar-refractivity contribution in [2.24, 2.45) is 0 Å². The van der Waals surface area contributed by atoms with Gasteiger partial charge in [0, 0.05) is 23.8 Å². The topological polar surface area (TPSA) is 52.6 Å². The van der Waals surface area contributed by atoms with Crippen LogP contribution in [0.5, 0.6) is 11.5 Å². The van der Waals surface area contributed by atoms with Crippen molar-refractivity contribution in [2.75, 3.05) is 0 Å². The van der Waals surface area contributed by atoms with E-state index in [-0.39, 0.29) is 17.1 Å². The van der Waals surface area contributed by atoms with Gasteiger partial charge in [0.25, 0.3) is 0 Å². The number of carbonyl (C=O) groups excluding carboxylic acids is 2. The van der Waals surface area contributed by atoms with Gasteiger partial charge in [-0.05, 0) is 29.8 Å². The maximum absolute atomic E-state index is 14.2. The van der Waals surface area contributed by atoms with Crippen LogP contribution in [0, 0.1) is 5.82 Å². The first-order valence-electron chi connectivity index (χ1n) is 6.62. The molecule has 0 fully saturated rings. The van der Waals surface area contributed by atoms with Crippen LogP contribution in [0.4, 0.5) is 4.39 Å². The minimum atomic E-state index is -0.671. The molecule has 5 heteroatoms. The van der Waals surface area contributed by atoms with E-state index in [1.54, 1.807) is 18.2 Å². The molecule has 0 spiro atoms. The summed E-state index contributed by atoms with van der Waals surface area (Å²) >= 11 is 0. The van der Waals surface area contributed by atoms with Gasteiger partial charge < -0.3 is 9.47 Å². The van der Waals surface area contributed by atoms with Crippen LogP contribution in [0.15, 0.2) is 67.8 Å². The number of hydrogen-bond donors (Lipinski definition) is 0. The Hall–Kier alpha value is -3.21. The molecule has 0 aromatic heterocycles. The molecule has 2 aromatic carbocycles. The maximum Gasteiger partial charge on any atom is 0.335 e. The Kier molecular flexibility index (Phi) is 5.04. The summed E-state index contributed by atoms with van der Waals surface area (Å²) in [5.74, 6) is -1.50. The summed E-state index contributed by atoms with van der Waals surface area (Å²) in [6.45, 7) is 6.58. The van der Waals surface area contributed by atoms with Crippen molar-refractivity contribution in [3.63, 3.8) is 0 Å². The molecule has 0 saturated carbocycles. The highest BCUT2D eigenvalue weighted by Gasteiger charge is 2.10. The highest BCUT2D eigenvalue weighted by atomic mass is 19.1. The normalized spacial score (nSPS) is 9.78. The van der Waals surface area contributed by atoms with Crippen LogP contribution in [0.3, 0.4) is 0 Å². The third-order valence-electron chi connectivity index (χ3n) is 2.86. The summed E-state index contributed by atoms with van der Waals surface area (Å²) in [7, 11) is 0. The quantitative estimate of drug-likeness (QED) is 0.480. The van der Waals surface area contributed by atoms with Gasteiger partial charge in [-0.2, -0.15) is 0 Å². The average Bonchev–Trinajstić information content (AvgIpc) is 2.55. The van der Waals surface area contributed by atoms with Crippen molar-refractivity contribution in [3.05, 3.63) is 73.6 Å². The van der Waals surface area contributed by atoms with Crippen molar-refractivity contribution in [1.82, 2.24) is 0 Å².